The largest absolute Gasteiger partial charge is 0.490 e. The number of hydrogen-bond donors (Lipinski definition) is 1. The quantitative estimate of drug-likeness (QED) is 0.371. The van der Waals surface area contributed by atoms with Crippen molar-refractivity contribution >= 4 is 16.0 Å². The highest BCUT2D eigenvalue weighted by atomic mass is 32.2. The Labute approximate surface area is 204 Å². The Morgan fingerprint density at radius 2 is 1.74 bits per heavy atom. The van der Waals surface area contributed by atoms with Crippen molar-refractivity contribution in [3.05, 3.63) is 72.1 Å². The van der Waals surface area contributed by atoms with Gasteiger partial charge in [-0.3, -0.25) is 4.68 Å². The third-order valence-electron chi connectivity index (χ3n) is 5.40. The van der Waals surface area contributed by atoms with Crippen LogP contribution in [0.25, 0.3) is 11.3 Å². The number of benzene rings is 2. The van der Waals surface area contributed by atoms with Crippen LogP contribution in [0, 0.1) is 6.92 Å². The summed E-state index contributed by atoms with van der Waals surface area (Å²) in [5.41, 5.74) is 3.07. The van der Waals surface area contributed by atoms with E-state index in [0.717, 1.165) is 16.7 Å². The monoisotopic (exact) mass is 493 g/mol. The zero-order chi connectivity index (χ0) is 25.2. The number of hydrogen-bond acceptors (Lipinski definition) is 7. The summed E-state index contributed by atoms with van der Waals surface area (Å²) in [4.78, 5) is 8.91. The van der Waals surface area contributed by atoms with Gasteiger partial charge in [0.25, 0.3) is 15.9 Å². The van der Waals surface area contributed by atoms with E-state index in [0.29, 0.717) is 17.2 Å². The average Bonchev–Trinajstić information content (AvgIpc) is 3.26. The first-order chi connectivity index (χ1) is 16.7. The average molecular weight is 494 g/mol. The van der Waals surface area contributed by atoms with Crippen LogP contribution in [-0.4, -0.2) is 35.3 Å². The zero-order valence-electron chi connectivity index (χ0n) is 20.2. The number of aryl methyl sites for hydroxylation is 2. The highest BCUT2D eigenvalue weighted by Crippen LogP contribution is 2.41. The molecule has 0 aliphatic heterocycles. The van der Waals surface area contributed by atoms with Crippen molar-refractivity contribution in [1.82, 2.24) is 19.7 Å². The van der Waals surface area contributed by atoms with Crippen molar-refractivity contribution in [2.75, 3.05) is 11.8 Å². The maximum absolute atomic E-state index is 13.0. The van der Waals surface area contributed by atoms with Crippen molar-refractivity contribution in [1.29, 1.82) is 0 Å². The summed E-state index contributed by atoms with van der Waals surface area (Å²) in [6, 6.07) is 15.2. The topological polar surface area (TPSA) is 108 Å². The van der Waals surface area contributed by atoms with Gasteiger partial charge in [0.1, 0.15) is 16.3 Å². The number of rotatable bonds is 8. The number of nitrogens with one attached hydrogen (secondary N) is 1. The summed E-state index contributed by atoms with van der Waals surface area (Å²) < 4.78 is 41.7. The number of para-hydroxylation sites is 1. The molecule has 0 unspecified atom stereocenters. The number of sulfonamides is 1. The van der Waals surface area contributed by atoms with Gasteiger partial charge in [0, 0.05) is 18.8 Å². The van der Waals surface area contributed by atoms with Gasteiger partial charge in [-0.2, -0.15) is 10.1 Å². The third kappa shape index (κ3) is 5.12. The summed E-state index contributed by atoms with van der Waals surface area (Å²) >= 11 is 0. The van der Waals surface area contributed by atoms with Gasteiger partial charge >= 0.3 is 0 Å². The second-order valence-electron chi connectivity index (χ2n) is 8.30. The third-order valence-corrected chi connectivity index (χ3v) is 6.69. The molecule has 4 rings (SSSR count). The van der Waals surface area contributed by atoms with Gasteiger partial charge < -0.3 is 9.47 Å². The van der Waals surface area contributed by atoms with Gasteiger partial charge in [0.2, 0.25) is 11.7 Å². The van der Waals surface area contributed by atoms with E-state index >= 15 is 0 Å². The lowest BCUT2D eigenvalue weighted by Gasteiger charge is -2.18. The van der Waals surface area contributed by atoms with Gasteiger partial charge in [0.05, 0.1) is 13.3 Å². The van der Waals surface area contributed by atoms with Crippen LogP contribution in [0.3, 0.4) is 0 Å². The van der Waals surface area contributed by atoms with Crippen molar-refractivity contribution in [3.63, 3.8) is 0 Å². The molecule has 0 spiro atoms. The molecule has 1 N–H and O–H groups in total. The van der Waals surface area contributed by atoms with E-state index in [4.69, 9.17) is 9.47 Å². The van der Waals surface area contributed by atoms with Crippen LogP contribution in [0.4, 0.5) is 5.95 Å². The first-order valence-corrected chi connectivity index (χ1v) is 12.5. The number of nitrogens with zero attached hydrogens (tertiary/aromatic N) is 4. The van der Waals surface area contributed by atoms with Gasteiger partial charge in [-0.25, -0.2) is 18.1 Å². The second-order valence-corrected chi connectivity index (χ2v) is 9.98. The summed E-state index contributed by atoms with van der Waals surface area (Å²) in [6.07, 6.45) is 2.65. The highest BCUT2D eigenvalue weighted by molar-refractivity contribution is 7.92. The lowest BCUT2D eigenvalue weighted by molar-refractivity contribution is 0.367. The lowest BCUT2D eigenvalue weighted by Crippen LogP contribution is -2.15. The minimum absolute atomic E-state index is 0.00974. The molecule has 0 saturated heterocycles. The predicted molar refractivity (Wildman–Crippen MR) is 133 cm³/mol. The fourth-order valence-electron chi connectivity index (χ4n) is 3.62. The lowest BCUT2D eigenvalue weighted by atomic mass is 10.0. The number of methoxy groups -OCH3 is 1. The summed E-state index contributed by atoms with van der Waals surface area (Å²) in [5.74, 6) is 1.03. The molecule has 9 nitrogen and oxygen atoms in total. The first kappa shape index (κ1) is 24.2. The first-order valence-electron chi connectivity index (χ1n) is 11.0. The molecule has 0 atom stereocenters. The Morgan fingerprint density at radius 3 is 2.40 bits per heavy atom. The van der Waals surface area contributed by atoms with E-state index in [1.165, 1.54) is 24.2 Å². The molecule has 0 amide bonds. The SMILES string of the molecule is COc1c(Oc2ccccc2C(C)C)nc(NS(=O)(=O)c2cnn(C)c2)nc1-c1ccccc1C. The van der Waals surface area contributed by atoms with Gasteiger partial charge in [-0.1, -0.05) is 56.3 Å². The van der Waals surface area contributed by atoms with E-state index < -0.39 is 10.0 Å². The van der Waals surface area contributed by atoms with Crippen LogP contribution >= 0.6 is 0 Å². The van der Waals surface area contributed by atoms with Crippen molar-refractivity contribution in [2.24, 2.45) is 7.05 Å². The summed E-state index contributed by atoms with van der Waals surface area (Å²) in [7, 11) is -0.850. The molecule has 0 aliphatic rings. The normalized spacial score (nSPS) is 11.5. The van der Waals surface area contributed by atoms with Crippen LogP contribution in [0.2, 0.25) is 0 Å². The fourth-order valence-corrected chi connectivity index (χ4v) is 4.55. The molecule has 10 heteroatoms. The van der Waals surface area contributed by atoms with Crippen LogP contribution in [0.5, 0.6) is 17.4 Å². The molecule has 0 bridgehead atoms. The molecule has 2 heterocycles. The highest BCUT2D eigenvalue weighted by Gasteiger charge is 2.24. The second kappa shape index (κ2) is 9.75. The maximum atomic E-state index is 13.0. The minimum atomic E-state index is -3.99. The van der Waals surface area contributed by atoms with Crippen LogP contribution in [0.15, 0.2) is 65.8 Å². The van der Waals surface area contributed by atoms with Crippen molar-refractivity contribution < 1.29 is 17.9 Å². The molecule has 0 fully saturated rings. The molecule has 0 aliphatic carbocycles. The van der Waals surface area contributed by atoms with E-state index in [9.17, 15) is 8.42 Å². The van der Waals surface area contributed by atoms with Crippen molar-refractivity contribution in [3.8, 4) is 28.6 Å². The van der Waals surface area contributed by atoms with Gasteiger partial charge in [-0.15, -0.1) is 0 Å². The van der Waals surface area contributed by atoms with E-state index in [1.807, 2.05) is 55.5 Å². The van der Waals surface area contributed by atoms with Crippen molar-refractivity contribution in [2.45, 2.75) is 31.6 Å². The molecular weight excluding hydrogens is 466 g/mol. The maximum Gasteiger partial charge on any atom is 0.268 e. The van der Waals surface area contributed by atoms with E-state index in [-0.39, 0.29) is 22.6 Å². The Balaban J connectivity index is 1.88. The predicted octanol–water partition coefficient (Wildman–Crippen LogP) is 4.91. The standard InChI is InChI=1S/C25H27N5O4S/c1-16(2)19-11-8-9-13-21(19)34-24-23(33-5)22(20-12-7-6-10-17(20)3)27-25(28-24)29-35(31,32)18-14-26-30(4)15-18/h6-16H,1-5H3,(H,27,28,29). The number of ether oxygens (including phenoxy) is 2. The van der Waals surface area contributed by atoms with E-state index in [2.05, 4.69) is 33.6 Å². The Hall–Kier alpha value is -3.92. The molecule has 0 radical (unpaired) electrons. The fraction of sp³-hybridized carbons (Fsp3) is 0.240. The van der Waals surface area contributed by atoms with E-state index in [1.54, 1.807) is 7.05 Å². The summed E-state index contributed by atoms with van der Waals surface area (Å²) in [6.45, 7) is 6.06. The van der Waals surface area contributed by atoms with Crippen LogP contribution in [-0.2, 0) is 17.1 Å². The smallest absolute Gasteiger partial charge is 0.268 e. The molecule has 182 valence electrons. The van der Waals surface area contributed by atoms with Gasteiger partial charge in [-0.05, 0) is 30.0 Å². The Kier molecular flexibility index (Phi) is 6.74. The Morgan fingerprint density at radius 1 is 1.03 bits per heavy atom. The molecule has 4 aromatic rings. The van der Waals surface area contributed by atoms with Crippen LogP contribution in [0.1, 0.15) is 30.9 Å². The molecular formula is C25H27N5O4S. The minimum Gasteiger partial charge on any atom is -0.490 e. The molecule has 0 saturated carbocycles. The molecule has 2 aromatic heterocycles. The Bertz CT molecular complexity index is 1460. The number of aromatic nitrogens is 4. The summed E-state index contributed by atoms with van der Waals surface area (Å²) in [5, 5.41) is 3.94. The number of anilines is 1. The molecule has 2 aromatic carbocycles. The van der Waals surface area contributed by atoms with Gasteiger partial charge in [0.15, 0.2) is 0 Å². The zero-order valence-corrected chi connectivity index (χ0v) is 21.0. The van der Waals surface area contributed by atoms with Crippen LogP contribution < -0.4 is 14.2 Å². The molecule has 35 heavy (non-hydrogen) atoms.